The largest absolute Gasteiger partial charge is 0.399 e. The summed E-state index contributed by atoms with van der Waals surface area (Å²) >= 11 is 0. The van der Waals surface area contributed by atoms with E-state index < -0.39 is 0 Å². The predicted molar refractivity (Wildman–Crippen MR) is 60.2 cm³/mol. The summed E-state index contributed by atoms with van der Waals surface area (Å²) in [5.74, 6) is 0. The van der Waals surface area contributed by atoms with Crippen molar-refractivity contribution in [1.82, 2.24) is 0 Å². The molecule has 0 fully saturated rings. The Balaban J connectivity index is 2.53. The molecule has 0 saturated heterocycles. The van der Waals surface area contributed by atoms with Crippen molar-refractivity contribution >= 4 is 11.4 Å². The van der Waals surface area contributed by atoms with Crippen LogP contribution in [0.25, 0.3) is 0 Å². The molecule has 1 rings (SSSR count). The van der Waals surface area contributed by atoms with Gasteiger partial charge in [0.2, 0.25) is 0 Å². The van der Waals surface area contributed by atoms with Crippen LogP contribution in [0.2, 0.25) is 0 Å². The molecule has 3 nitrogen and oxygen atoms in total. The van der Waals surface area contributed by atoms with Crippen LogP contribution < -0.4 is 11.1 Å². The van der Waals surface area contributed by atoms with Crippen molar-refractivity contribution in [1.29, 1.82) is 0 Å². The van der Waals surface area contributed by atoms with Crippen molar-refractivity contribution in [2.24, 2.45) is 0 Å². The maximum absolute atomic E-state index is 5.59. The molecule has 3 N–H and O–H groups in total. The van der Waals surface area contributed by atoms with E-state index in [9.17, 15) is 0 Å². The fourth-order valence-electron chi connectivity index (χ4n) is 1.28. The molecule has 0 aliphatic rings. The Morgan fingerprint density at radius 3 is 2.50 bits per heavy atom. The molecule has 0 aromatic heterocycles. The zero-order valence-electron chi connectivity index (χ0n) is 8.79. The number of hydrogen-bond acceptors (Lipinski definition) is 3. The normalized spacial score (nSPS) is 12.4. The molecule has 14 heavy (non-hydrogen) atoms. The van der Waals surface area contributed by atoms with Gasteiger partial charge in [0.05, 0.1) is 0 Å². The fraction of sp³-hybridized carbons (Fsp3) is 0.455. The number of nitrogens with two attached hydrogens (primary N) is 1. The number of rotatable bonds is 5. The van der Waals surface area contributed by atoms with Gasteiger partial charge in [-0.25, -0.2) is 0 Å². The van der Waals surface area contributed by atoms with Gasteiger partial charge in [-0.15, -0.1) is 0 Å². The Kier molecular flexibility index (Phi) is 4.26. The lowest BCUT2D eigenvalue weighted by molar-refractivity contribution is 0.117. The third kappa shape index (κ3) is 3.26. The van der Waals surface area contributed by atoms with Crippen LogP contribution in [0, 0.1) is 0 Å². The summed E-state index contributed by atoms with van der Waals surface area (Å²) in [5, 5.41) is 3.28. The molecule has 1 aromatic rings. The molecule has 0 saturated carbocycles. The van der Waals surface area contributed by atoms with Crippen molar-refractivity contribution in [3.05, 3.63) is 24.3 Å². The first-order valence-corrected chi connectivity index (χ1v) is 4.91. The van der Waals surface area contributed by atoms with Crippen molar-refractivity contribution in [2.45, 2.75) is 26.0 Å². The minimum absolute atomic E-state index is 0.0867. The number of ether oxygens (including phenoxy) is 1. The highest BCUT2D eigenvalue weighted by molar-refractivity contribution is 5.51. The van der Waals surface area contributed by atoms with Gasteiger partial charge < -0.3 is 15.8 Å². The van der Waals surface area contributed by atoms with E-state index in [1.54, 1.807) is 7.11 Å². The minimum Gasteiger partial charge on any atom is -0.399 e. The van der Waals surface area contributed by atoms with Crippen LogP contribution in [0.4, 0.5) is 11.4 Å². The van der Waals surface area contributed by atoms with Gasteiger partial charge in [0, 0.05) is 18.5 Å². The van der Waals surface area contributed by atoms with Gasteiger partial charge in [-0.05, 0) is 30.7 Å². The quantitative estimate of drug-likeness (QED) is 0.559. The van der Waals surface area contributed by atoms with Gasteiger partial charge in [0.25, 0.3) is 0 Å². The highest BCUT2D eigenvalue weighted by Gasteiger charge is 2.04. The van der Waals surface area contributed by atoms with Crippen molar-refractivity contribution in [2.75, 3.05) is 18.2 Å². The highest BCUT2D eigenvalue weighted by Crippen LogP contribution is 2.13. The van der Waals surface area contributed by atoms with E-state index in [0.717, 1.165) is 24.2 Å². The molecule has 78 valence electrons. The van der Waals surface area contributed by atoms with Crippen LogP contribution in [0.3, 0.4) is 0 Å². The first-order chi connectivity index (χ1) is 6.76. The molecule has 0 spiro atoms. The topological polar surface area (TPSA) is 47.3 Å². The zero-order chi connectivity index (χ0) is 10.4. The van der Waals surface area contributed by atoms with Crippen molar-refractivity contribution in [3.63, 3.8) is 0 Å². The monoisotopic (exact) mass is 194 g/mol. The predicted octanol–water partition coefficient (Wildman–Crippen LogP) is 2.45. The Morgan fingerprint density at radius 1 is 1.36 bits per heavy atom. The van der Waals surface area contributed by atoms with E-state index in [2.05, 4.69) is 12.2 Å². The summed E-state index contributed by atoms with van der Waals surface area (Å²) in [6.45, 7) is 2.14. The van der Waals surface area contributed by atoms with Crippen LogP contribution >= 0.6 is 0 Å². The van der Waals surface area contributed by atoms with Gasteiger partial charge in [-0.2, -0.15) is 0 Å². The maximum atomic E-state index is 5.59. The lowest BCUT2D eigenvalue weighted by Gasteiger charge is -2.17. The summed E-state index contributed by atoms with van der Waals surface area (Å²) in [5.41, 5.74) is 7.41. The smallest absolute Gasteiger partial charge is 0.127 e. The van der Waals surface area contributed by atoms with Gasteiger partial charge in [-0.1, -0.05) is 13.3 Å². The number of benzene rings is 1. The third-order valence-electron chi connectivity index (χ3n) is 2.07. The first kappa shape index (κ1) is 10.9. The molecule has 1 unspecified atom stereocenters. The molecular formula is C11H18N2O. The highest BCUT2D eigenvalue weighted by atomic mass is 16.5. The van der Waals surface area contributed by atoms with Crippen LogP contribution in [0.5, 0.6) is 0 Å². The lowest BCUT2D eigenvalue weighted by Crippen LogP contribution is -2.21. The Hall–Kier alpha value is -1.22. The van der Waals surface area contributed by atoms with Gasteiger partial charge in [0.1, 0.15) is 6.23 Å². The number of nitrogen functional groups attached to an aromatic ring is 1. The summed E-state index contributed by atoms with van der Waals surface area (Å²) in [7, 11) is 1.71. The molecule has 0 amide bonds. The first-order valence-electron chi connectivity index (χ1n) is 4.91. The molecule has 1 aromatic carbocycles. The summed E-state index contributed by atoms with van der Waals surface area (Å²) in [6.07, 6.45) is 2.19. The number of methoxy groups -OCH3 is 1. The van der Waals surface area contributed by atoms with Crippen LogP contribution in [0.1, 0.15) is 19.8 Å². The van der Waals surface area contributed by atoms with E-state index in [-0.39, 0.29) is 6.23 Å². The molecule has 0 aliphatic carbocycles. The second kappa shape index (κ2) is 5.50. The van der Waals surface area contributed by atoms with Crippen LogP contribution in [0.15, 0.2) is 24.3 Å². The fourth-order valence-corrected chi connectivity index (χ4v) is 1.28. The second-order valence-electron chi connectivity index (χ2n) is 3.28. The Bertz CT molecular complexity index is 258. The maximum Gasteiger partial charge on any atom is 0.127 e. The summed E-state index contributed by atoms with van der Waals surface area (Å²) < 4.78 is 5.28. The van der Waals surface area contributed by atoms with Gasteiger partial charge in [-0.3, -0.25) is 0 Å². The standard InChI is InChI=1S/C11H18N2O/c1-3-4-11(14-2)13-10-7-5-9(12)6-8-10/h5-8,11,13H,3-4,12H2,1-2H3. The molecule has 0 bridgehead atoms. The summed E-state index contributed by atoms with van der Waals surface area (Å²) in [4.78, 5) is 0. The SMILES string of the molecule is CCCC(Nc1ccc(N)cc1)OC. The number of hydrogen-bond donors (Lipinski definition) is 2. The van der Waals surface area contributed by atoms with E-state index in [1.807, 2.05) is 24.3 Å². The number of nitrogens with one attached hydrogen (secondary N) is 1. The zero-order valence-corrected chi connectivity index (χ0v) is 8.79. The van der Waals surface area contributed by atoms with Crippen LogP contribution in [-0.2, 0) is 4.74 Å². The molecule has 0 radical (unpaired) electrons. The van der Waals surface area contributed by atoms with Crippen LogP contribution in [-0.4, -0.2) is 13.3 Å². The van der Waals surface area contributed by atoms with E-state index in [0.29, 0.717) is 0 Å². The second-order valence-corrected chi connectivity index (χ2v) is 3.28. The van der Waals surface area contributed by atoms with E-state index >= 15 is 0 Å². The molecule has 0 heterocycles. The summed E-state index contributed by atoms with van der Waals surface area (Å²) in [6, 6.07) is 7.66. The molecule has 1 atom stereocenters. The van der Waals surface area contributed by atoms with Crippen molar-refractivity contribution in [3.8, 4) is 0 Å². The Morgan fingerprint density at radius 2 is 2.00 bits per heavy atom. The van der Waals surface area contributed by atoms with E-state index in [4.69, 9.17) is 10.5 Å². The molecule has 0 aliphatic heterocycles. The van der Waals surface area contributed by atoms with Gasteiger partial charge in [0.15, 0.2) is 0 Å². The molecular weight excluding hydrogens is 176 g/mol. The molecule has 3 heteroatoms. The average molecular weight is 194 g/mol. The van der Waals surface area contributed by atoms with E-state index in [1.165, 1.54) is 0 Å². The van der Waals surface area contributed by atoms with Crippen molar-refractivity contribution < 1.29 is 4.74 Å². The number of anilines is 2. The Labute approximate surface area is 85.3 Å². The lowest BCUT2D eigenvalue weighted by atomic mass is 10.2. The van der Waals surface area contributed by atoms with Gasteiger partial charge >= 0.3 is 0 Å². The minimum atomic E-state index is 0.0867. The third-order valence-corrected chi connectivity index (χ3v) is 2.07. The average Bonchev–Trinajstić information content (AvgIpc) is 2.20.